The van der Waals surface area contributed by atoms with Gasteiger partial charge >= 0.3 is 0 Å². The number of likely N-dealkylation sites (N-methyl/N-ethyl adjacent to an activating group) is 2. The first-order chi connectivity index (χ1) is 8.93. The number of carbonyl (C=O) groups excluding carboxylic acids is 2. The predicted octanol–water partition coefficient (Wildman–Crippen LogP) is 1.31. The quantitative estimate of drug-likeness (QED) is 0.815. The molecule has 0 fully saturated rings. The summed E-state index contributed by atoms with van der Waals surface area (Å²) in [4.78, 5) is 25.7. The molecule has 1 atom stereocenters. The Morgan fingerprint density at radius 1 is 1.47 bits per heavy atom. The topological polar surface area (TPSA) is 61.4 Å². The lowest BCUT2D eigenvalue weighted by atomic mass is 10.3. The van der Waals surface area contributed by atoms with Gasteiger partial charge in [-0.1, -0.05) is 0 Å². The highest BCUT2D eigenvalue weighted by atomic mass is 79.9. The van der Waals surface area contributed by atoms with Crippen LogP contribution in [0.25, 0.3) is 0 Å². The SMILES string of the molecule is CNC(C)CNC(=O)CN(C)C(=O)c1ccc(Br)s1. The number of halogens is 1. The number of carbonyl (C=O) groups is 2. The zero-order chi connectivity index (χ0) is 14.4. The van der Waals surface area contributed by atoms with E-state index in [-0.39, 0.29) is 24.4 Å². The summed E-state index contributed by atoms with van der Waals surface area (Å²) in [6, 6.07) is 3.77. The summed E-state index contributed by atoms with van der Waals surface area (Å²) < 4.78 is 0.900. The lowest BCUT2D eigenvalue weighted by Gasteiger charge is -2.17. The Morgan fingerprint density at radius 3 is 2.68 bits per heavy atom. The molecule has 7 heteroatoms. The number of hydrogen-bond acceptors (Lipinski definition) is 4. The van der Waals surface area contributed by atoms with Crippen molar-refractivity contribution in [3.05, 3.63) is 20.8 Å². The largest absolute Gasteiger partial charge is 0.353 e. The fourth-order valence-electron chi connectivity index (χ4n) is 1.33. The van der Waals surface area contributed by atoms with Crippen molar-refractivity contribution >= 4 is 39.1 Å². The molecule has 5 nitrogen and oxygen atoms in total. The Hall–Kier alpha value is -0.920. The van der Waals surface area contributed by atoms with Crippen molar-refractivity contribution in [3.63, 3.8) is 0 Å². The second-order valence-corrected chi connectivity index (χ2v) is 6.72. The smallest absolute Gasteiger partial charge is 0.264 e. The molecule has 0 bridgehead atoms. The number of thiophene rings is 1. The van der Waals surface area contributed by atoms with Gasteiger partial charge in [0, 0.05) is 19.6 Å². The van der Waals surface area contributed by atoms with Crippen LogP contribution in [0.4, 0.5) is 0 Å². The molecule has 1 aromatic rings. The fourth-order valence-corrected chi connectivity index (χ4v) is 2.71. The third-order valence-electron chi connectivity index (χ3n) is 2.61. The van der Waals surface area contributed by atoms with Crippen LogP contribution in [-0.2, 0) is 4.79 Å². The number of nitrogens with one attached hydrogen (secondary N) is 2. The molecule has 19 heavy (non-hydrogen) atoms. The van der Waals surface area contributed by atoms with Crippen molar-refractivity contribution in [1.29, 1.82) is 0 Å². The number of amides is 2. The minimum absolute atomic E-state index is 0.0603. The van der Waals surface area contributed by atoms with Gasteiger partial charge in [0.15, 0.2) is 0 Å². The van der Waals surface area contributed by atoms with Gasteiger partial charge in [0.2, 0.25) is 5.91 Å². The highest BCUT2D eigenvalue weighted by Crippen LogP contribution is 2.22. The van der Waals surface area contributed by atoms with E-state index in [1.54, 1.807) is 13.1 Å². The Labute approximate surface area is 125 Å². The lowest BCUT2D eigenvalue weighted by molar-refractivity contribution is -0.121. The van der Waals surface area contributed by atoms with Crippen LogP contribution in [0, 0.1) is 0 Å². The average molecular weight is 348 g/mol. The van der Waals surface area contributed by atoms with Crippen LogP contribution in [0.2, 0.25) is 0 Å². The maximum absolute atomic E-state index is 12.0. The van der Waals surface area contributed by atoms with E-state index < -0.39 is 0 Å². The van der Waals surface area contributed by atoms with Crippen molar-refractivity contribution in [2.24, 2.45) is 0 Å². The van der Waals surface area contributed by atoms with Crippen molar-refractivity contribution in [2.75, 3.05) is 27.2 Å². The summed E-state index contributed by atoms with van der Waals surface area (Å²) >= 11 is 4.67. The van der Waals surface area contributed by atoms with Gasteiger partial charge in [0.05, 0.1) is 15.2 Å². The van der Waals surface area contributed by atoms with E-state index in [1.165, 1.54) is 16.2 Å². The summed E-state index contributed by atoms with van der Waals surface area (Å²) in [5.41, 5.74) is 0. The first kappa shape index (κ1) is 16.1. The van der Waals surface area contributed by atoms with Crippen molar-refractivity contribution in [2.45, 2.75) is 13.0 Å². The third-order valence-corrected chi connectivity index (χ3v) is 4.22. The molecular formula is C12H18BrN3O2S. The van der Waals surface area contributed by atoms with E-state index in [9.17, 15) is 9.59 Å². The van der Waals surface area contributed by atoms with Gasteiger partial charge in [-0.3, -0.25) is 9.59 Å². The molecule has 1 aromatic heterocycles. The lowest BCUT2D eigenvalue weighted by Crippen LogP contribution is -2.42. The number of rotatable bonds is 6. The molecule has 1 rings (SSSR count). The van der Waals surface area contributed by atoms with Crippen LogP contribution >= 0.6 is 27.3 Å². The summed E-state index contributed by atoms with van der Waals surface area (Å²) in [5.74, 6) is -0.305. The molecule has 0 aliphatic carbocycles. The van der Waals surface area contributed by atoms with Gasteiger partial charge in [-0.15, -0.1) is 11.3 Å². The summed E-state index contributed by atoms with van der Waals surface area (Å²) in [5, 5.41) is 5.80. The molecule has 1 heterocycles. The van der Waals surface area contributed by atoms with Crippen molar-refractivity contribution in [1.82, 2.24) is 15.5 Å². The second kappa shape index (κ2) is 7.62. The van der Waals surface area contributed by atoms with Crippen LogP contribution in [0.3, 0.4) is 0 Å². The van der Waals surface area contributed by atoms with Gasteiger partial charge in [0.25, 0.3) is 5.91 Å². The van der Waals surface area contributed by atoms with Crippen molar-refractivity contribution < 1.29 is 9.59 Å². The van der Waals surface area contributed by atoms with Gasteiger partial charge < -0.3 is 15.5 Å². The summed E-state index contributed by atoms with van der Waals surface area (Å²) in [7, 11) is 3.46. The van der Waals surface area contributed by atoms with Crippen LogP contribution < -0.4 is 10.6 Å². The molecule has 0 aliphatic rings. The third kappa shape index (κ3) is 5.30. The van der Waals surface area contributed by atoms with Gasteiger partial charge in [0.1, 0.15) is 0 Å². The van der Waals surface area contributed by atoms with E-state index in [4.69, 9.17) is 0 Å². The van der Waals surface area contributed by atoms with Gasteiger partial charge in [-0.25, -0.2) is 0 Å². The van der Waals surface area contributed by atoms with Crippen LogP contribution in [0.5, 0.6) is 0 Å². The Balaban J connectivity index is 2.44. The molecule has 0 spiro atoms. The zero-order valence-electron chi connectivity index (χ0n) is 11.2. The van der Waals surface area contributed by atoms with Gasteiger partial charge in [-0.05, 0) is 42.0 Å². The normalized spacial score (nSPS) is 12.0. The summed E-state index contributed by atoms with van der Waals surface area (Å²) in [6.45, 7) is 2.57. The van der Waals surface area contributed by atoms with Crippen LogP contribution in [-0.4, -0.2) is 49.9 Å². The first-order valence-electron chi connectivity index (χ1n) is 5.88. The van der Waals surface area contributed by atoms with E-state index in [0.717, 1.165) is 3.79 Å². The molecule has 106 valence electrons. The molecule has 2 N–H and O–H groups in total. The van der Waals surface area contributed by atoms with E-state index >= 15 is 0 Å². The minimum Gasteiger partial charge on any atom is -0.353 e. The zero-order valence-corrected chi connectivity index (χ0v) is 13.6. The standard InChI is InChI=1S/C12H18BrN3O2S/c1-8(14-2)6-15-11(17)7-16(3)12(18)9-4-5-10(13)19-9/h4-5,8,14H,6-7H2,1-3H3,(H,15,17). The maximum Gasteiger partial charge on any atom is 0.264 e. The van der Waals surface area contributed by atoms with Crippen LogP contribution in [0.15, 0.2) is 15.9 Å². The molecule has 0 aromatic carbocycles. The molecular weight excluding hydrogens is 330 g/mol. The molecule has 1 unspecified atom stereocenters. The Morgan fingerprint density at radius 2 is 2.16 bits per heavy atom. The van der Waals surface area contributed by atoms with E-state index in [2.05, 4.69) is 26.6 Å². The van der Waals surface area contributed by atoms with Gasteiger partial charge in [-0.2, -0.15) is 0 Å². The minimum atomic E-state index is -0.159. The Kier molecular flexibility index (Phi) is 6.47. The average Bonchev–Trinajstić information content (AvgIpc) is 2.81. The highest BCUT2D eigenvalue weighted by Gasteiger charge is 2.16. The molecule has 2 amide bonds. The molecule has 0 aliphatic heterocycles. The maximum atomic E-state index is 12.0. The first-order valence-corrected chi connectivity index (χ1v) is 7.49. The predicted molar refractivity (Wildman–Crippen MR) is 80.5 cm³/mol. The second-order valence-electron chi connectivity index (χ2n) is 4.26. The number of nitrogens with zero attached hydrogens (tertiary/aromatic N) is 1. The van der Waals surface area contributed by atoms with E-state index in [1.807, 2.05) is 20.0 Å². The van der Waals surface area contributed by atoms with E-state index in [0.29, 0.717) is 11.4 Å². The Bertz CT molecular complexity index is 450. The van der Waals surface area contributed by atoms with Crippen molar-refractivity contribution in [3.8, 4) is 0 Å². The molecule has 0 radical (unpaired) electrons. The summed E-state index contributed by atoms with van der Waals surface area (Å²) in [6.07, 6.45) is 0. The molecule has 0 saturated carbocycles. The fraction of sp³-hybridized carbons (Fsp3) is 0.500. The highest BCUT2D eigenvalue weighted by molar-refractivity contribution is 9.11. The van der Waals surface area contributed by atoms with Crippen LogP contribution in [0.1, 0.15) is 16.6 Å². The molecule has 0 saturated heterocycles. The number of hydrogen-bond donors (Lipinski definition) is 2. The monoisotopic (exact) mass is 347 g/mol.